The Morgan fingerprint density at radius 1 is 1.64 bits per heavy atom. The van der Waals surface area contributed by atoms with Crippen LogP contribution in [-0.2, 0) is 4.79 Å². The minimum Gasteiger partial charge on any atom is -0.481 e. The largest absolute Gasteiger partial charge is 0.481 e. The Bertz CT molecular complexity index is 357. The van der Waals surface area contributed by atoms with E-state index < -0.39 is 12.0 Å². The molecule has 1 aromatic rings. The number of halogens is 2. The van der Waals surface area contributed by atoms with Gasteiger partial charge in [0.2, 0.25) is 0 Å². The lowest BCUT2D eigenvalue weighted by Crippen LogP contribution is -2.15. The lowest BCUT2D eigenvalue weighted by Gasteiger charge is -2.12. The van der Waals surface area contributed by atoms with Gasteiger partial charge in [0.25, 0.3) is 0 Å². The van der Waals surface area contributed by atoms with E-state index >= 15 is 0 Å². The Balaban J connectivity index is 2.95. The number of carboxylic acids is 1. The average Bonchev–Trinajstić information content (AvgIpc) is 2.08. The number of carbonyl (C=O) groups is 1. The van der Waals surface area contributed by atoms with Crippen molar-refractivity contribution in [1.82, 2.24) is 0 Å². The lowest BCUT2D eigenvalue weighted by atomic mass is 10.1. The number of rotatable bonds is 3. The third-order valence-electron chi connectivity index (χ3n) is 1.78. The van der Waals surface area contributed by atoms with E-state index in [0.29, 0.717) is 15.1 Å². The Labute approximate surface area is 95.0 Å². The quantitative estimate of drug-likeness (QED) is 0.893. The highest BCUT2D eigenvalue weighted by atomic mass is 79.9. The second kappa shape index (κ2) is 4.77. The van der Waals surface area contributed by atoms with Crippen LogP contribution < -0.4 is 5.73 Å². The summed E-state index contributed by atoms with van der Waals surface area (Å²) in [5, 5.41) is 9.11. The highest BCUT2D eigenvalue weighted by Crippen LogP contribution is 2.30. The van der Waals surface area contributed by atoms with E-state index in [1.165, 1.54) is 0 Å². The topological polar surface area (TPSA) is 63.3 Å². The van der Waals surface area contributed by atoms with E-state index in [2.05, 4.69) is 15.9 Å². The maximum atomic E-state index is 10.5. The van der Waals surface area contributed by atoms with E-state index in [4.69, 9.17) is 22.4 Å². The summed E-state index contributed by atoms with van der Waals surface area (Å²) >= 11 is 9.11. The van der Waals surface area contributed by atoms with Crippen molar-refractivity contribution in [2.45, 2.75) is 12.5 Å². The summed E-state index contributed by atoms with van der Waals surface area (Å²) in [5.41, 5.74) is 6.40. The van der Waals surface area contributed by atoms with Crippen molar-refractivity contribution in [2.24, 2.45) is 5.73 Å². The second-order valence-corrected chi connectivity index (χ2v) is 4.05. The standard InChI is InChI=1S/C9H9BrClNO2/c10-9-5(2-1-3-6(9)11)7(12)4-8(13)14/h1-3,7H,4,12H2,(H,13,14)/t7-/m1/s1. The van der Waals surface area contributed by atoms with Crippen LogP contribution in [0.1, 0.15) is 18.0 Å². The smallest absolute Gasteiger partial charge is 0.305 e. The summed E-state index contributed by atoms with van der Waals surface area (Å²) in [6.07, 6.45) is -0.112. The predicted molar refractivity (Wildman–Crippen MR) is 58.3 cm³/mol. The fraction of sp³-hybridized carbons (Fsp3) is 0.222. The maximum Gasteiger partial charge on any atom is 0.305 e. The van der Waals surface area contributed by atoms with Crippen LogP contribution in [-0.4, -0.2) is 11.1 Å². The van der Waals surface area contributed by atoms with Gasteiger partial charge in [-0.05, 0) is 27.6 Å². The van der Waals surface area contributed by atoms with Gasteiger partial charge in [-0.3, -0.25) is 4.79 Å². The van der Waals surface area contributed by atoms with Gasteiger partial charge in [0.1, 0.15) is 0 Å². The summed E-state index contributed by atoms with van der Waals surface area (Å²) in [6.45, 7) is 0. The molecule has 0 aliphatic heterocycles. The van der Waals surface area contributed by atoms with Gasteiger partial charge in [0, 0.05) is 10.5 Å². The first-order chi connectivity index (χ1) is 6.52. The van der Waals surface area contributed by atoms with Crippen LogP contribution in [0.2, 0.25) is 5.02 Å². The SMILES string of the molecule is N[C@H](CC(=O)O)c1cccc(Cl)c1Br. The van der Waals surface area contributed by atoms with Crippen LogP contribution in [0, 0.1) is 0 Å². The van der Waals surface area contributed by atoms with Crippen LogP contribution >= 0.6 is 27.5 Å². The zero-order valence-corrected chi connectivity index (χ0v) is 9.55. The summed E-state index contributed by atoms with van der Waals surface area (Å²) in [7, 11) is 0. The lowest BCUT2D eigenvalue weighted by molar-refractivity contribution is -0.137. The molecule has 0 fully saturated rings. The van der Waals surface area contributed by atoms with Crippen LogP contribution in [0.5, 0.6) is 0 Å². The molecule has 76 valence electrons. The summed E-state index contributed by atoms with van der Waals surface area (Å²) in [5.74, 6) is -0.927. The van der Waals surface area contributed by atoms with Crippen molar-refractivity contribution in [2.75, 3.05) is 0 Å². The second-order valence-electron chi connectivity index (χ2n) is 2.85. The molecule has 0 aliphatic rings. The molecule has 0 amide bonds. The molecule has 1 atom stereocenters. The molecule has 0 heterocycles. The minimum absolute atomic E-state index is 0.112. The van der Waals surface area contributed by atoms with Gasteiger partial charge in [-0.15, -0.1) is 0 Å². The van der Waals surface area contributed by atoms with E-state index in [9.17, 15) is 4.79 Å². The number of hydrogen-bond acceptors (Lipinski definition) is 2. The van der Waals surface area contributed by atoms with Crippen LogP contribution in [0.3, 0.4) is 0 Å². The molecule has 3 nitrogen and oxygen atoms in total. The van der Waals surface area contributed by atoms with Crippen molar-refractivity contribution >= 4 is 33.5 Å². The van der Waals surface area contributed by atoms with Gasteiger partial charge < -0.3 is 10.8 Å². The van der Waals surface area contributed by atoms with Crippen molar-refractivity contribution in [3.63, 3.8) is 0 Å². The van der Waals surface area contributed by atoms with E-state index in [-0.39, 0.29) is 6.42 Å². The fourth-order valence-electron chi connectivity index (χ4n) is 1.10. The Hall–Kier alpha value is -0.580. The Kier molecular flexibility index (Phi) is 3.92. The predicted octanol–water partition coefficient (Wildman–Crippen LogP) is 2.58. The third-order valence-corrected chi connectivity index (χ3v) is 3.20. The number of nitrogens with two attached hydrogens (primary N) is 1. The number of hydrogen-bond donors (Lipinski definition) is 2. The summed E-state index contributed by atoms with van der Waals surface area (Å²) in [4.78, 5) is 10.5. The van der Waals surface area contributed by atoms with E-state index in [1.807, 2.05) is 0 Å². The van der Waals surface area contributed by atoms with Crippen molar-refractivity contribution in [3.8, 4) is 0 Å². The summed E-state index contributed by atoms with van der Waals surface area (Å²) < 4.78 is 0.662. The average molecular weight is 279 g/mol. The first-order valence-electron chi connectivity index (χ1n) is 3.93. The molecule has 14 heavy (non-hydrogen) atoms. The monoisotopic (exact) mass is 277 g/mol. The van der Waals surface area contributed by atoms with Crippen molar-refractivity contribution in [3.05, 3.63) is 33.3 Å². The van der Waals surface area contributed by atoms with E-state index in [1.54, 1.807) is 18.2 Å². The molecule has 0 spiro atoms. The van der Waals surface area contributed by atoms with E-state index in [0.717, 1.165) is 0 Å². The molecular formula is C9H9BrClNO2. The maximum absolute atomic E-state index is 10.5. The van der Waals surface area contributed by atoms with Gasteiger partial charge >= 0.3 is 5.97 Å². The molecule has 3 N–H and O–H groups in total. The molecule has 5 heteroatoms. The highest BCUT2D eigenvalue weighted by Gasteiger charge is 2.14. The van der Waals surface area contributed by atoms with Gasteiger partial charge in [-0.1, -0.05) is 23.7 Å². The molecule has 0 saturated heterocycles. The van der Waals surface area contributed by atoms with Crippen LogP contribution in [0.25, 0.3) is 0 Å². The van der Waals surface area contributed by atoms with Crippen molar-refractivity contribution < 1.29 is 9.90 Å². The normalized spacial score (nSPS) is 12.5. The van der Waals surface area contributed by atoms with Gasteiger partial charge in [-0.25, -0.2) is 0 Å². The number of benzene rings is 1. The molecule has 0 unspecified atom stereocenters. The first kappa shape index (κ1) is 11.5. The Morgan fingerprint density at radius 2 is 2.29 bits per heavy atom. The number of aliphatic carboxylic acids is 1. The summed E-state index contributed by atoms with van der Waals surface area (Å²) in [6, 6.07) is 4.66. The van der Waals surface area contributed by atoms with Crippen molar-refractivity contribution in [1.29, 1.82) is 0 Å². The molecule has 1 aromatic carbocycles. The zero-order chi connectivity index (χ0) is 10.7. The van der Waals surface area contributed by atoms with Gasteiger partial charge in [0.05, 0.1) is 11.4 Å². The Morgan fingerprint density at radius 3 is 2.86 bits per heavy atom. The minimum atomic E-state index is -0.927. The van der Waals surface area contributed by atoms with Crippen LogP contribution in [0.4, 0.5) is 0 Å². The fourth-order valence-corrected chi connectivity index (χ4v) is 1.85. The molecule has 0 saturated carbocycles. The van der Waals surface area contributed by atoms with Gasteiger partial charge in [0.15, 0.2) is 0 Å². The van der Waals surface area contributed by atoms with Gasteiger partial charge in [-0.2, -0.15) is 0 Å². The molecule has 0 bridgehead atoms. The van der Waals surface area contributed by atoms with Crippen LogP contribution in [0.15, 0.2) is 22.7 Å². The molecule has 0 aromatic heterocycles. The first-order valence-corrected chi connectivity index (χ1v) is 5.10. The highest BCUT2D eigenvalue weighted by molar-refractivity contribution is 9.10. The molecule has 0 radical (unpaired) electrons. The molecule has 1 rings (SSSR count). The third kappa shape index (κ3) is 2.70. The zero-order valence-electron chi connectivity index (χ0n) is 7.21. The molecule has 0 aliphatic carbocycles. The molecular weight excluding hydrogens is 269 g/mol. The number of carboxylic acid groups (broad SMARTS) is 1.